The summed E-state index contributed by atoms with van der Waals surface area (Å²) in [4.78, 5) is 4.56. The summed E-state index contributed by atoms with van der Waals surface area (Å²) in [5.41, 5.74) is 12.1. The number of imidazole rings is 1. The molecule has 28 heavy (non-hydrogen) atoms. The summed E-state index contributed by atoms with van der Waals surface area (Å²) in [5.74, 6) is 6.42. The first kappa shape index (κ1) is 17.7. The summed E-state index contributed by atoms with van der Waals surface area (Å²) in [6, 6.07) is 10.0. The molecule has 0 spiro atoms. The third-order valence-corrected chi connectivity index (χ3v) is 4.53. The Balaban J connectivity index is 1.67. The van der Waals surface area contributed by atoms with Gasteiger partial charge in [0.25, 0.3) is 0 Å². The highest BCUT2D eigenvalue weighted by Crippen LogP contribution is 2.22. The zero-order valence-corrected chi connectivity index (χ0v) is 16.1. The van der Waals surface area contributed by atoms with Crippen molar-refractivity contribution >= 4 is 22.7 Å². The Morgan fingerprint density at radius 3 is 2.79 bits per heavy atom. The lowest BCUT2D eigenvalue weighted by atomic mass is 10.1. The normalized spacial score (nSPS) is 10.9. The Labute approximate surface area is 164 Å². The molecule has 4 rings (SSSR count). The van der Waals surface area contributed by atoms with Crippen LogP contribution in [-0.4, -0.2) is 19.2 Å². The van der Waals surface area contributed by atoms with Crippen LogP contribution in [0.1, 0.15) is 36.7 Å². The van der Waals surface area contributed by atoms with Crippen molar-refractivity contribution in [3.8, 4) is 11.8 Å². The molecule has 140 valence electrons. The predicted octanol–water partition coefficient (Wildman–Crippen LogP) is 4.15. The quantitative estimate of drug-likeness (QED) is 0.420. The molecule has 0 aliphatic carbocycles. The number of nitrogens with one attached hydrogen (secondary N) is 1. The minimum absolute atomic E-state index is 0.315. The molecule has 0 fully saturated rings. The van der Waals surface area contributed by atoms with E-state index in [4.69, 9.17) is 5.73 Å². The van der Waals surface area contributed by atoms with E-state index < -0.39 is 0 Å². The molecule has 0 bridgehead atoms. The second-order valence-electron chi connectivity index (χ2n) is 7.01. The standard InChI is InChI=1S/C22H22N6/c1-15(2)28-14-19(12-25-28)26-21-5-4-10-27-20(13-24-22(21)27)9-7-17-11-18(23)8-6-16(17)3/h4-6,8,10-15,26H,23H2,1-3H3. The number of anilines is 3. The average molecular weight is 370 g/mol. The monoisotopic (exact) mass is 370 g/mol. The van der Waals surface area contributed by atoms with Gasteiger partial charge in [-0.2, -0.15) is 5.10 Å². The number of aryl methyl sites for hydroxylation is 1. The third kappa shape index (κ3) is 3.42. The number of fused-ring (bicyclic) bond motifs is 1. The Morgan fingerprint density at radius 2 is 2.00 bits per heavy atom. The molecule has 6 nitrogen and oxygen atoms in total. The van der Waals surface area contributed by atoms with E-state index in [9.17, 15) is 0 Å². The van der Waals surface area contributed by atoms with Crippen LogP contribution in [0.15, 0.2) is 55.1 Å². The highest BCUT2D eigenvalue weighted by molar-refractivity contribution is 5.74. The molecule has 1 aromatic carbocycles. The van der Waals surface area contributed by atoms with Crippen molar-refractivity contribution in [2.45, 2.75) is 26.8 Å². The maximum atomic E-state index is 5.88. The van der Waals surface area contributed by atoms with Gasteiger partial charge in [-0.25, -0.2) is 4.98 Å². The second kappa shape index (κ2) is 7.12. The van der Waals surface area contributed by atoms with Crippen LogP contribution in [0.4, 0.5) is 17.1 Å². The number of nitrogens with zero attached hydrogens (tertiary/aromatic N) is 4. The number of nitrogen functional groups attached to an aromatic ring is 1. The fourth-order valence-electron chi connectivity index (χ4n) is 2.95. The van der Waals surface area contributed by atoms with Crippen LogP contribution in [0.5, 0.6) is 0 Å². The van der Waals surface area contributed by atoms with E-state index in [-0.39, 0.29) is 0 Å². The molecule has 0 radical (unpaired) electrons. The van der Waals surface area contributed by atoms with E-state index in [1.54, 1.807) is 6.20 Å². The van der Waals surface area contributed by atoms with Crippen LogP contribution >= 0.6 is 0 Å². The van der Waals surface area contributed by atoms with Crippen molar-refractivity contribution in [2.24, 2.45) is 0 Å². The summed E-state index contributed by atoms with van der Waals surface area (Å²) in [5, 5.41) is 7.76. The van der Waals surface area contributed by atoms with Crippen molar-refractivity contribution in [3.63, 3.8) is 0 Å². The van der Waals surface area contributed by atoms with Gasteiger partial charge in [-0.15, -0.1) is 0 Å². The summed E-state index contributed by atoms with van der Waals surface area (Å²) in [7, 11) is 0. The van der Waals surface area contributed by atoms with E-state index in [1.165, 1.54) is 0 Å². The molecule has 0 saturated carbocycles. The maximum absolute atomic E-state index is 5.88. The number of hydrogen-bond donors (Lipinski definition) is 2. The van der Waals surface area contributed by atoms with Gasteiger partial charge < -0.3 is 11.1 Å². The smallest absolute Gasteiger partial charge is 0.161 e. The lowest BCUT2D eigenvalue weighted by Crippen LogP contribution is -2.00. The Bertz CT molecular complexity index is 1200. The van der Waals surface area contributed by atoms with Gasteiger partial charge in [-0.05, 0) is 56.5 Å². The van der Waals surface area contributed by atoms with Crippen LogP contribution in [0, 0.1) is 18.8 Å². The molecule has 6 heteroatoms. The Morgan fingerprint density at radius 1 is 1.14 bits per heavy atom. The largest absolute Gasteiger partial charge is 0.399 e. The van der Waals surface area contributed by atoms with Crippen molar-refractivity contribution in [1.82, 2.24) is 19.2 Å². The summed E-state index contributed by atoms with van der Waals surface area (Å²) >= 11 is 0. The zero-order chi connectivity index (χ0) is 19.7. The first-order valence-corrected chi connectivity index (χ1v) is 9.16. The fraction of sp³-hybridized carbons (Fsp3) is 0.182. The SMILES string of the molecule is Cc1ccc(N)cc1C#Cc1cnc2c(Nc3cnn(C(C)C)c3)cccn12. The summed E-state index contributed by atoms with van der Waals surface area (Å²) in [6.45, 7) is 6.22. The minimum Gasteiger partial charge on any atom is -0.399 e. The summed E-state index contributed by atoms with van der Waals surface area (Å²) < 4.78 is 3.89. The van der Waals surface area contributed by atoms with Crippen molar-refractivity contribution in [1.29, 1.82) is 0 Å². The lowest BCUT2D eigenvalue weighted by Gasteiger charge is -2.06. The number of aromatic nitrogens is 4. The molecule has 0 saturated heterocycles. The van der Waals surface area contributed by atoms with Crippen LogP contribution in [0.3, 0.4) is 0 Å². The second-order valence-corrected chi connectivity index (χ2v) is 7.01. The predicted molar refractivity (Wildman–Crippen MR) is 113 cm³/mol. The van der Waals surface area contributed by atoms with E-state index >= 15 is 0 Å². The highest BCUT2D eigenvalue weighted by atomic mass is 15.3. The first-order chi connectivity index (χ1) is 13.5. The Kier molecular flexibility index (Phi) is 4.50. The van der Waals surface area contributed by atoms with Gasteiger partial charge >= 0.3 is 0 Å². The van der Waals surface area contributed by atoms with Gasteiger partial charge in [0.15, 0.2) is 5.65 Å². The van der Waals surface area contributed by atoms with Crippen molar-refractivity contribution in [2.75, 3.05) is 11.1 Å². The number of hydrogen-bond acceptors (Lipinski definition) is 4. The molecule has 0 aliphatic rings. The molecule has 0 amide bonds. The van der Waals surface area contributed by atoms with Crippen LogP contribution < -0.4 is 11.1 Å². The highest BCUT2D eigenvalue weighted by Gasteiger charge is 2.08. The first-order valence-electron chi connectivity index (χ1n) is 9.16. The minimum atomic E-state index is 0.315. The van der Waals surface area contributed by atoms with Gasteiger partial charge in [0.1, 0.15) is 5.69 Å². The lowest BCUT2D eigenvalue weighted by molar-refractivity contribution is 0.532. The molecule has 3 aromatic heterocycles. The van der Waals surface area contributed by atoms with Gasteiger partial charge in [0, 0.05) is 29.7 Å². The van der Waals surface area contributed by atoms with Crippen LogP contribution in [0.25, 0.3) is 5.65 Å². The van der Waals surface area contributed by atoms with Gasteiger partial charge in [0.2, 0.25) is 0 Å². The van der Waals surface area contributed by atoms with Crippen LogP contribution in [0.2, 0.25) is 0 Å². The molecule has 0 unspecified atom stereocenters. The van der Waals surface area contributed by atoms with Crippen molar-refractivity contribution < 1.29 is 0 Å². The summed E-state index contributed by atoms with van der Waals surface area (Å²) in [6.07, 6.45) is 7.55. The molecular weight excluding hydrogens is 348 g/mol. The van der Waals surface area contributed by atoms with E-state index in [0.717, 1.165) is 33.8 Å². The molecule has 0 aliphatic heterocycles. The number of rotatable bonds is 3. The van der Waals surface area contributed by atoms with Crippen molar-refractivity contribution in [3.05, 3.63) is 71.9 Å². The molecule has 4 aromatic rings. The molecule has 0 atom stereocenters. The van der Waals surface area contributed by atoms with Crippen LogP contribution in [-0.2, 0) is 0 Å². The van der Waals surface area contributed by atoms with Gasteiger partial charge in [0.05, 0.1) is 23.8 Å². The molecule has 3 N–H and O–H groups in total. The Hall–Kier alpha value is -3.72. The zero-order valence-electron chi connectivity index (χ0n) is 16.1. The topological polar surface area (TPSA) is 73.2 Å². The third-order valence-electron chi connectivity index (χ3n) is 4.53. The molecular formula is C22H22N6. The maximum Gasteiger partial charge on any atom is 0.161 e. The number of pyridine rings is 1. The van der Waals surface area contributed by atoms with E-state index in [2.05, 4.69) is 41.1 Å². The van der Waals surface area contributed by atoms with E-state index in [1.807, 2.05) is 64.9 Å². The fourth-order valence-corrected chi connectivity index (χ4v) is 2.95. The molecule has 3 heterocycles. The van der Waals surface area contributed by atoms with Gasteiger partial charge in [-0.1, -0.05) is 12.0 Å². The van der Waals surface area contributed by atoms with Gasteiger partial charge in [-0.3, -0.25) is 9.08 Å². The number of nitrogens with two attached hydrogens (primary N) is 1. The average Bonchev–Trinajstić information content (AvgIpc) is 3.30. The van der Waals surface area contributed by atoms with E-state index in [0.29, 0.717) is 11.7 Å². The number of benzene rings is 1.